The van der Waals surface area contributed by atoms with Crippen LogP contribution < -0.4 is 9.47 Å². The highest BCUT2D eigenvalue weighted by molar-refractivity contribution is 5.87. The third-order valence-corrected chi connectivity index (χ3v) is 6.56. The van der Waals surface area contributed by atoms with Crippen LogP contribution in [0.4, 0.5) is 0 Å². The van der Waals surface area contributed by atoms with Gasteiger partial charge in [0.2, 0.25) is 12.7 Å². The molecule has 1 heterocycles. The molecule has 6 heteroatoms. The van der Waals surface area contributed by atoms with E-state index in [0.717, 1.165) is 37.0 Å². The van der Waals surface area contributed by atoms with Gasteiger partial charge in [-0.15, -0.1) is 0 Å². The minimum absolute atomic E-state index is 0.0724. The van der Waals surface area contributed by atoms with Gasteiger partial charge in [0, 0.05) is 26.1 Å². The molecule has 2 aliphatic carbocycles. The van der Waals surface area contributed by atoms with Crippen molar-refractivity contribution < 1.29 is 23.8 Å². The number of esters is 1. The van der Waals surface area contributed by atoms with Crippen molar-refractivity contribution in [2.45, 2.75) is 32.1 Å². The summed E-state index contributed by atoms with van der Waals surface area (Å²) in [6, 6.07) is 5.55. The van der Waals surface area contributed by atoms with Crippen molar-refractivity contribution in [1.82, 2.24) is 4.90 Å². The van der Waals surface area contributed by atoms with Crippen LogP contribution in [0.5, 0.6) is 11.5 Å². The van der Waals surface area contributed by atoms with Gasteiger partial charge < -0.3 is 19.1 Å². The Morgan fingerprint density at radius 1 is 1.14 bits per heavy atom. The molecule has 2 saturated carbocycles. The Morgan fingerprint density at radius 3 is 2.79 bits per heavy atom. The maximum Gasteiger partial charge on any atom is 0.330 e. The molecule has 1 amide bonds. The number of carbonyl (C=O) groups is 2. The lowest BCUT2D eigenvalue weighted by Gasteiger charge is -2.37. The van der Waals surface area contributed by atoms with Crippen LogP contribution in [0.2, 0.25) is 0 Å². The topological polar surface area (TPSA) is 65.1 Å². The summed E-state index contributed by atoms with van der Waals surface area (Å²) in [7, 11) is 3.66. The maximum atomic E-state index is 12.6. The van der Waals surface area contributed by atoms with Gasteiger partial charge in [0.1, 0.15) is 0 Å². The molecule has 0 aromatic heterocycles. The second-order valence-electron chi connectivity index (χ2n) is 8.52. The van der Waals surface area contributed by atoms with Crippen molar-refractivity contribution in [1.29, 1.82) is 0 Å². The highest BCUT2D eigenvalue weighted by atomic mass is 16.7. The van der Waals surface area contributed by atoms with Crippen molar-refractivity contribution in [3.05, 3.63) is 29.8 Å². The first-order chi connectivity index (χ1) is 14.0. The highest BCUT2D eigenvalue weighted by Gasteiger charge is 2.46. The third kappa shape index (κ3) is 4.26. The number of benzene rings is 1. The maximum absolute atomic E-state index is 12.6. The molecule has 4 atom stereocenters. The van der Waals surface area contributed by atoms with Gasteiger partial charge in [-0.05, 0) is 60.8 Å². The lowest BCUT2D eigenvalue weighted by Crippen LogP contribution is -2.39. The van der Waals surface area contributed by atoms with Crippen LogP contribution in [0.25, 0.3) is 6.08 Å². The fourth-order valence-electron chi connectivity index (χ4n) is 5.22. The van der Waals surface area contributed by atoms with Gasteiger partial charge in [-0.2, -0.15) is 0 Å². The van der Waals surface area contributed by atoms with Gasteiger partial charge >= 0.3 is 5.97 Å². The second kappa shape index (κ2) is 8.47. The number of ether oxygens (including phenoxy) is 3. The Hall–Kier alpha value is -2.50. The van der Waals surface area contributed by atoms with E-state index in [4.69, 9.17) is 14.2 Å². The summed E-state index contributed by atoms with van der Waals surface area (Å²) in [5.41, 5.74) is 0.858. The first-order valence-electron chi connectivity index (χ1n) is 10.5. The SMILES string of the molecule is CN(C)C(=O)C1CCC2CCCC(COC(=O)/C=C/c3ccc4c(c3)OCO4)C21. The molecular weight excluding hydrogens is 370 g/mol. The minimum Gasteiger partial charge on any atom is -0.462 e. The molecule has 29 heavy (non-hydrogen) atoms. The van der Waals surface area contributed by atoms with Gasteiger partial charge in [-0.1, -0.05) is 18.9 Å². The van der Waals surface area contributed by atoms with Crippen LogP contribution in [0, 0.1) is 23.7 Å². The molecule has 0 N–H and O–H groups in total. The minimum atomic E-state index is -0.349. The lowest BCUT2D eigenvalue weighted by molar-refractivity contribution is -0.141. The Morgan fingerprint density at radius 2 is 1.97 bits per heavy atom. The summed E-state index contributed by atoms with van der Waals surface area (Å²) < 4.78 is 16.2. The van der Waals surface area contributed by atoms with Crippen LogP contribution in [-0.2, 0) is 14.3 Å². The second-order valence-corrected chi connectivity index (χ2v) is 8.52. The molecule has 1 aliphatic heterocycles. The average Bonchev–Trinajstić information content (AvgIpc) is 3.36. The van der Waals surface area contributed by atoms with E-state index in [1.165, 1.54) is 12.5 Å². The number of rotatable bonds is 5. The molecule has 0 bridgehead atoms. The highest BCUT2D eigenvalue weighted by Crippen LogP contribution is 2.49. The summed E-state index contributed by atoms with van der Waals surface area (Å²) in [6.07, 6.45) is 8.62. The first kappa shape index (κ1) is 19.8. The summed E-state index contributed by atoms with van der Waals surface area (Å²) in [4.78, 5) is 26.6. The molecule has 1 aromatic rings. The lowest BCUT2D eigenvalue weighted by atomic mass is 9.70. The van der Waals surface area contributed by atoms with E-state index in [9.17, 15) is 9.59 Å². The van der Waals surface area contributed by atoms with Crippen LogP contribution >= 0.6 is 0 Å². The molecule has 6 nitrogen and oxygen atoms in total. The predicted molar refractivity (Wildman–Crippen MR) is 108 cm³/mol. The van der Waals surface area contributed by atoms with Gasteiger partial charge in [0.25, 0.3) is 0 Å². The van der Waals surface area contributed by atoms with E-state index in [0.29, 0.717) is 24.2 Å². The van der Waals surface area contributed by atoms with Crippen LogP contribution in [0.15, 0.2) is 24.3 Å². The molecule has 1 aromatic carbocycles. The summed E-state index contributed by atoms with van der Waals surface area (Å²) in [6.45, 7) is 0.619. The number of carbonyl (C=O) groups excluding carboxylic acids is 2. The van der Waals surface area contributed by atoms with Crippen molar-refractivity contribution in [3.8, 4) is 11.5 Å². The van der Waals surface area contributed by atoms with E-state index < -0.39 is 0 Å². The zero-order valence-electron chi connectivity index (χ0n) is 17.1. The normalized spacial score (nSPS) is 27.7. The molecular formula is C23H29NO5. The number of amides is 1. The van der Waals surface area contributed by atoms with Gasteiger partial charge in [-0.25, -0.2) is 4.79 Å². The molecule has 0 saturated heterocycles. The fraction of sp³-hybridized carbons (Fsp3) is 0.565. The van der Waals surface area contributed by atoms with E-state index in [2.05, 4.69) is 0 Å². The molecule has 0 radical (unpaired) electrons. The quantitative estimate of drug-likeness (QED) is 0.560. The predicted octanol–water partition coefficient (Wildman–Crippen LogP) is 3.50. The zero-order chi connectivity index (χ0) is 20.4. The van der Waals surface area contributed by atoms with E-state index in [1.54, 1.807) is 11.0 Å². The number of hydrogen-bond donors (Lipinski definition) is 0. The molecule has 3 aliphatic rings. The smallest absolute Gasteiger partial charge is 0.330 e. The first-order valence-corrected chi connectivity index (χ1v) is 10.5. The van der Waals surface area contributed by atoms with Crippen molar-refractivity contribution in [2.75, 3.05) is 27.5 Å². The van der Waals surface area contributed by atoms with E-state index in [-0.39, 0.29) is 30.5 Å². The van der Waals surface area contributed by atoms with Crippen LogP contribution in [-0.4, -0.2) is 44.3 Å². The number of nitrogens with zero attached hydrogens (tertiary/aromatic N) is 1. The zero-order valence-corrected chi connectivity index (χ0v) is 17.1. The van der Waals surface area contributed by atoms with Crippen molar-refractivity contribution in [3.63, 3.8) is 0 Å². The van der Waals surface area contributed by atoms with E-state index in [1.807, 2.05) is 32.3 Å². The Bertz CT molecular complexity index is 802. The summed E-state index contributed by atoms with van der Waals surface area (Å²) >= 11 is 0. The molecule has 4 unspecified atom stereocenters. The fourth-order valence-corrected chi connectivity index (χ4v) is 5.22. The van der Waals surface area contributed by atoms with E-state index >= 15 is 0 Å². The molecule has 4 rings (SSSR count). The largest absolute Gasteiger partial charge is 0.462 e. The molecule has 156 valence electrons. The Labute approximate surface area is 171 Å². The van der Waals surface area contributed by atoms with Gasteiger partial charge in [0.05, 0.1) is 6.61 Å². The third-order valence-electron chi connectivity index (χ3n) is 6.56. The Kier molecular flexibility index (Phi) is 5.79. The molecule has 2 fully saturated rings. The van der Waals surface area contributed by atoms with Crippen LogP contribution in [0.1, 0.15) is 37.7 Å². The monoisotopic (exact) mass is 399 g/mol. The van der Waals surface area contributed by atoms with Gasteiger partial charge in [0.15, 0.2) is 11.5 Å². The van der Waals surface area contributed by atoms with Crippen LogP contribution in [0.3, 0.4) is 0 Å². The number of hydrogen-bond acceptors (Lipinski definition) is 5. The van der Waals surface area contributed by atoms with Crippen molar-refractivity contribution >= 4 is 18.0 Å². The van der Waals surface area contributed by atoms with Gasteiger partial charge in [-0.3, -0.25) is 4.79 Å². The average molecular weight is 399 g/mol. The summed E-state index contributed by atoms with van der Waals surface area (Å²) in [5.74, 6) is 2.55. The van der Waals surface area contributed by atoms with Crippen molar-refractivity contribution in [2.24, 2.45) is 23.7 Å². The Balaban J connectivity index is 1.35. The summed E-state index contributed by atoms with van der Waals surface area (Å²) in [5, 5.41) is 0. The standard InChI is InChI=1S/C23H29NO5/c1-24(2)23(26)18-9-8-16-4-3-5-17(22(16)18)13-27-21(25)11-7-15-6-10-19-20(12-15)29-14-28-19/h6-7,10-12,16-18,22H,3-5,8-9,13-14H2,1-2H3/b11-7+. The number of fused-ring (bicyclic) bond motifs is 2. The molecule has 0 spiro atoms.